The van der Waals surface area contributed by atoms with Crippen molar-refractivity contribution in [3.8, 4) is 11.1 Å². The molecule has 0 radical (unpaired) electrons. The molecular formula is C33H28N4O3. The summed E-state index contributed by atoms with van der Waals surface area (Å²) in [5.74, 6) is -0.258. The maximum atomic E-state index is 13.3. The van der Waals surface area contributed by atoms with Crippen LogP contribution in [0.5, 0.6) is 0 Å². The molecule has 2 aliphatic rings. The van der Waals surface area contributed by atoms with Gasteiger partial charge in [-0.2, -0.15) is 0 Å². The Labute approximate surface area is 231 Å². The maximum Gasteiger partial charge on any atom is 0.258 e. The van der Waals surface area contributed by atoms with Crippen LogP contribution >= 0.6 is 0 Å². The van der Waals surface area contributed by atoms with E-state index < -0.39 is 5.91 Å². The monoisotopic (exact) mass is 528 g/mol. The van der Waals surface area contributed by atoms with Gasteiger partial charge in [-0.25, -0.2) is 0 Å². The van der Waals surface area contributed by atoms with Crippen molar-refractivity contribution in [2.24, 2.45) is 5.73 Å². The Bertz CT molecular complexity index is 1890. The highest BCUT2D eigenvalue weighted by atomic mass is 16.2. The van der Waals surface area contributed by atoms with Crippen molar-refractivity contribution in [3.63, 3.8) is 0 Å². The average molecular weight is 529 g/mol. The van der Waals surface area contributed by atoms with Crippen LogP contribution in [0.2, 0.25) is 0 Å². The van der Waals surface area contributed by atoms with E-state index in [4.69, 9.17) is 5.73 Å². The lowest BCUT2D eigenvalue weighted by molar-refractivity contribution is -0.118. The van der Waals surface area contributed by atoms with Crippen molar-refractivity contribution in [1.82, 2.24) is 4.98 Å². The topological polar surface area (TPSA) is 99.5 Å². The molecule has 4 aromatic carbocycles. The molecule has 40 heavy (non-hydrogen) atoms. The minimum Gasteiger partial charge on any atom is -0.369 e. The van der Waals surface area contributed by atoms with Crippen LogP contribution in [0.4, 0.5) is 11.4 Å². The fourth-order valence-corrected chi connectivity index (χ4v) is 6.36. The minimum atomic E-state index is -0.402. The predicted molar refractivity (Wildman–Crippen MR) is 157 cm³/mol. The number of nitrogens with one attached hydrogen (secondary N) is 1. The second-order valence-electron chi connectivity index (χ2n) is 10.7. The number of primary amides is 1. The zero-order chi connectivity index (χ0) is 27.5. The van der Waals surface area contributed by atoms with Crippen LogP contribution in [-0.2, 0) is 22.6 Å². The summed E-state index contributed by atoms with van der Waals surface area (Å²) in [4.78, 5) is 44.9. The van der Waals surface area contributed by atoms with Gasteiger partial charge in [0.1, 0.15) is 0 Å². The molecule has 0 unspecified atom stereocenters. The summed E-state index contributed by atoms with van der Waals surface area (Å²) in [6.45, 7) is 3.31. The largest absolute Gasteiger partial charge is 0.369 e. The maximum absolute atomic E-state index is 13.3. The number of rotatable bonds is 5. The van der Waals surface area contributed by atoms with Gasteiger partial charge in [0.15, 0.2) is 0 Å². The van der Waals surface area contributed by atoms with Crippen molar-refractivity contribution >= 4 is 50.9 Å². The van der Waals surface area contributed by atoms with Crippen molar-refractivity contribution in [3.05, 3.63) is 95.1 Å². The van der Waals surface area contributed by atoms with Gasteiger partial charge in [0, 0.05) is 46.2 Å². The van der Waals surface area contributed by atoms with E-state index in [-0.39, 0.29) is 18.2 Å². The summed E-state index contributed by atoms with van der Waals surface area (Å²) in [7, 11) is 0. The van der Waals surface area contributed by atoms with Gasteiger partial charge in [-0.05, 0) is 65.4 Å². The Balaban J connectivity index is 1.40. The number of benzene rings is 4. The zero-order valence-electron chi connectivity index (χ0n) is 22.2. The molecule has 0 saturated carbocycles. The smallest absolute Gasteiger partial charge is 0.258 e. The number of amides is 3. The van der Waals surface area contributed by atoms with Gasteiger partial charge < -0.3 is 20.5 Å². The molecule has 3 heterocycles. The predicted octanol–water partition coefficient (Wildman–Crippen LogP) is 5.61. The first-order valence-electron chi connectivity index (χ1n) is 13.6. The average Bonchev–Trinajstić information content (AvgIpc) is 3.64. The minimum absolute atomic E-state index is 0.00823. The number of fused-ring (bicyclic) bond motifs is 4. The SMILES string of the molecule is Cc1c(-c2ccc(CC(N)=O)c3[nH]c4cc(N5CCCC5=O)ccc4c23)cccc1N1Cc2ccccc2C1=O. The standard InChI is InChI=1S/C33H28N4O3/c1-19-23(8-4-9-28(19)37-18-21-6-2-3-7-24(21)33(37)40)25-13-11-20(16-29(34)38)32-31(25)26-14-12-22(17-27(26)35-32)36-15-5-10-30(36)39/h2-4,6-9,11-14,17,35H,5,10,15-16,18H2,1H3,(H2,34,38). The summed E-state index contributed by atoms with van der Waals surface area (Å²) in [5, 5.41) is 1.99. The number of hydrogen-bond donors (Lipinski definition) is 2. The molecule has 0 spiro atoms. The molecule has 7 heteroatoms. The summed E-state index contributed by atoms with van der Waals surface area (Å²) >= 11 is 0. The normalized spacial score (nSPS) is 15.0. The van der Waals surface area contributed by atoms with E-state index in [2.05, 4.69) is 18.0 Å². The second kappa shape index (κ2) is 9.09. The van der Waals surface area contributed by atoms with Crippen molar-refractivity contribution in [2.75, 3.05) is 16.3 Å². The van der Waals surface area contributed by atoms with Gasteiger partial charge in [-0.15, -0.1) is 0 Å². The number of aromatic nitrogens is 1. The Hall–Kier alpha value is -4.91. The summed E-state index contributed by atoms with van der Waals surface area (Å²) < 4.78 is 0. The van der Waals surface area contributed by atoms with Crippen molar-refractivity contribution < 1.29 is 14.4 Å². The van der Waals surface area contributed by atoms with E-state index in [9.17, 15) is 14.4 Å². The van der Waals surface area contributed by atoms with Crippen LogP contribution in [0.1, 0.15) is 39.9 Å². The molecule has 0 aliphatic carbocycles. The fraction of sp³-hybridized carbons (Fsp3) is 0.182. The number of carbonyl (C=O) groups excluding carboxylic acids is 3. The molecular weight excluding hydrogens is 500 g/mol. The number of nitrogens with zero attached hydrogens (tertiary/aromatic N) is 2. The van der Waals surface area contributed by atoms with Crippen LogP contribution < -0.4 is 15.5 Å². The molecule has 1 fully saturated rings. The van der Waals surface area contributed by atoms with E-state index in [0.717, 1.165) is 73.0 Å². The van der Waals surface area contributed by atoms with Crippen LogP contribution in [0, 0.1) is 6.92 Å². The molecule has 3 N–H and O–H groups in total. The first-order chi connectivity index (χ1) is 19.4. The highest BCUT2D eigenvalue weighted by Crippen LogP contribution is 2.42. The third-order valence-corrected chi connectivity index (χ3v) is 8.28. The van der Waals surface area contributed by atoms with Crippen molar-refractivity contribution in [2.45, 2.75) is 32.7 Å². The van der Waals surface area contributed by atoms with Gasteiger partial charge in [0.2, 0.25) is 11.8 Å². The van der Waals surface area contributed by atoms with Crippen LogP contribution in [0.3, 0.4) is 0 Å². The number of carbonyl (C=O) groups is 3. The lowest BCUT2D eigenvalue weighted by atomic mass is 9.92. The second-order valence-corrected chi connectivity index (χ2v) is 10.7. The van der Waals surface area contributed by atoms with Crippen LogP contribution in [0.15, 0.2) is 72.8 Å². The lowest BCUT2D eigenvalue weighted by Gasteiger charge is -2.21. The first kappa shape index (κ1) is 24.2. The molecule has 3 amide bonds. The third kappa shape index (κ3) is 3.69. The third-order valence-electron chi connectivity index (χ3n) is 8.28. The fourth-order valence-electron chi connectivity index (χ4n) is 6.36. The number of anilines is 2. The highest BCUT2D eigenvalue weighted by Gasteiger charge is 2.30. The Morgan fingerprint density at radius 2 is 1.75 bits per heavy atom. The first-order valence-corrected chi connectivity index (χ1v) is 13.6. The molecule has 7 rings (SSSR count). The van der Waals surface area contributed by atoms with E-state index in [0.29, 0.717) is 19.5 Å². The molecule has 5 aromatic rings. The molecule has 0 bridgehead atoms. The van der Waals surface area contributed by atoms with E-state index in [1.54, 1.807) is 0 Å². The van der Waals surface area contributed by atoms with Crippen LogP contribution in [-0.4, -0.2) is 29.3 Å². The van der Waals surface area contributed by atoms with E-state index in [1.165, 1.54) is 0 Å². The van der Waals surface area contributed by atoms with Gasteiger partial charge in [0.25, 0.3) is 5.91 Å². The van der Waals surface area contributed by atoms with Gasteiger partial charge in [-0.3, -0.25) is 14.4 Å². The van der Waals surface area contributed by atoms with E-state index >= 15 is 0 Å². The quantitative estimate of drug-likeness (QED) is 0.310. The summed E-state index contributed by atoms with van der Waals surface area (Å²) in [6.07, 6.45) is 1.54. The highest BCUT2D eigenvalue weighted by molar-refractivity contribution is 6.17. The molecule has 1 aromatic heterocycles. The van der Waals surface area contributed by atoms with Gasteiger partial charge in [0.05, 0.1) is 18.5 Å². The number of nitrogens with two attached hydrogens (primary N) is 1. The van der Waals surface area contributed by atoms with Crippen molar-refractivity contribution in [1.29, 1.82) is 0 Å². The Kier molecular flexibility index (Phi) is 5.49. The Morgan fingerprint density at radius 3 is 2.52 bits per heavy atom. The Morgan fingerprint density at radius 1 is 0.925 bits per heavy atom. The van der Waals surface area contributed by atoms with E-state index in [1.807, 2.05) is 76.5 Å². The number of aromatic amines is 1. The number of H-pyrrole nitrogens is 1. The summed E-state index contributed by atoms with van der Waals surface area (Å²) in [5.41, 5.74) is 14.7. The number of hydrogen-bond acceptors (Lipinski definition) is 3. The zero-order valence-corrected chi connectivity index (χ0v) is 22.2. The molecule has 1 saturated heterocycles. The molecule has 7 nitrogen and oxygen atoms in total. The van der Waals surface area contributed by atoms with Gasteiger partial charge in [-0.1, -0.05) is 48.5 Å². The van der Waals surface area contributed by atoms with Crippen LogP contribution in [0.25, 0.3) is 32.9 Å². The lowest BCUT2D eigenvalue weighted by Crippen LogP contribution is -2.24. The molecule has 0 atom stereocenters. The van der Waals surface area contributed by atoms with Gasteiger partial charge >= 0.3 is 0 Å². The summed E-state index contributed by atoms with van der Waals surface area (Å²) in [6, 6.07) is 23.9. The molecule has 198 valence electrons. The molecule has 2 aliphatic heterocycles.